The smallest absolute Gasteiger partial charge is 0.271 e. The predicted molar refractivity (Wildman–Crippen MR) is 114 cm³/mol. The molecule has 0 bridgehead atoms. The van der Waals surface area contributed by atoms with Gasteiger partial charge >= 0.3 is 0 Å². The molecule has 3 aromatic rings. The highest BCUT2D eigenvalue weighted by Gasteiger charge is 2.15. The molecule has 0 unspecified atom stereocenters. The lowest BCUT2D eigenvalue weighted by Crippen LogP contribution is -2.26. The van der Waals surface area contributed by atoms with Gasteiger partial charge in [0.25, 0.3) is 5.91 Å². The monoisotopic (exact) mass is 413 g/mol. The van der Waals surface area contributed by atoms with Crippen LogP contribution in [0.25, 0.3) is 11.3 Å². The molecule has 0 radical (unpaired) electrons. The molecule has 0 aliphatic rings. The molecule has 1 aromatic heterocycles. The van der Waals surface area contributed by atoms with Crippen LogP contribution in [-0.2, 0) is 13.0 Å². The van der Waals surface area contributed by atoms with Crippen LogP contribution in [0.5, 0.6) is 11.5 Å². The summed E-state index contributed by atoms with van der Waals surface area (Å²) in [6.07, 6.45) is 0.668. The molecule has 3 rings (SSSR count). The summed E-state index contributed by atoms with van der Waals surface area (Å²) in [6.45, 7) is 3.13. The third kappa shape index (κ3) is 4.90. The standard InChI is InChI=1S/C22H24ClN3O3/c1-4-26-19(16-6-5-7-17(23)13-16)14-18(25-26)22(27)24-11-10-15-8-9-20(28-2)21(12-15)29-3/h5-9,12-14H,4,10-11H2,1-3H3,(H,24,27). The van der Waals surface area contributed by atoms with Gasteiger partial charge in [0.2, 0.25) is 0 Å². The second-order valence-corrected chi connectivity index (χ2v) is 6.87. The van der Waals surface area contributed by atoms with Crippen molar-refractivity contribution in [3.8, 4) is 22.8 Å². The number of hydrogen-bond acceptors (Lipinski definition) is 4. The molecule has 1 N–H and O–H groups in total. The molecule has 0 aliphatic carbocycles. The zero-order valence-corrected chi connectivity index (χ0v) is 17.5. The molecule has 6 nitrogen and oxygen atoms in total. The molecule has 2 aromatic carbocycles. The van der Waals surface area contributed by atoms with Crippen LogP contribution < -0.4 is 14.8 Å². The van der Waals surface area contributed by atoms with Crippen LogP contribution in [0.3, 0.4) is 0 Å². The van der Waals surface area contributed by atoms with Crippen molar-refractivity contribution in [3.63, 3.8) is 0 Å². The Balaban J connectivity index is 1.67. The maximum Gasteiger partial charge on any atom is 0.271 e. The van der Waals surface area contributed by atoms with E-state index in [0.29, 0.717) is 41.7 Å². The van der Waals surface area contributed by atoms with E-state index in [1.807, 2.05) is 49.4 Å². The number of hydrogen-bond donors (Lipinski definition) is 1. The first-order chi connectivity index (χ1) is 14.0. The third-order valence-corrected chi connectivity index (χ3v) is 4.81. The molecule has 1 amide bonds. The summed E-state index contributed by atoms with van der Waals surface area (Å²) in [5.41, 5.74) is 3.21. The molecule has 0 saturated carbocycles. The van der Waals surface area contributed by atoms with Crippen molar-refractivity contribution in [2.24, 2.45) is 0 Å². The van der Waals surface area contributed by atoms with E-state index in [1.165, 1.54) is 0 Å². The molecule has 0 aliphatic heterocycles. The normalized spacial score (nSPS) is 10.6. The lowest BCUT2D eigenvalue weighted by atomic mass is 10.1. The zero-order chi connectivity index (χ0) is 20.8. The van der Waals surface area contributed by atoms with Crippen molar-refractivity contribution in [1.82, 2.24) is 15.1 Å². The Kier molecular flexibility index (Phi) is 6.77. The van der Waals surface area contributed by atoms with Crippen LogP contribution in [0, 0.1) is 0 Å². The highest BCUT2D eigenvalue weighted by Crippen LogP contribution is 2.27. The molecule has 1 heterocycles. The number of ether oxygens (including phenoxy) is 2. The zero-order valence-electron chi connectivity index (χ0n) is 16.7. The molecule has 0 spiro atoms. The molecule has 0 atom stereocenters. The van der Waals surface area contributed by atoms with E-state index in [2.05, 4.69) is 10.4 Å². The summed E-state index contributed by atoms with van der Waals surface area (Å²) in [4.78, 5) is 12.6. The summed E-state index contributed by atoms with van der Waals surface area (Å²) in [5, 5.41) is 8.01. The van der Waals surface area contributed by atoms with Gasteiger partial charge in [-0.05, 0) is 49.2 Å². The SMILES string of the molecule is CCn1nc(C(=O)NCCc2ccc(OC)c(OC)c2)cc1-c1cccc(Cl)c1. The Labute approximate surface area is 175 Å². The van der Waals surface area contributed by atoms with Gasteiger partial charge in [-0.2, -0.15) is 5.10 Å². The molecular formula is C22H24ClN3O3. The van der Waals surface area contributed by atoms with Gasteiger partial charge in [-0.1, -0.05) is 29.8 Å². The van der Waals surface area contributed by atoms with Crippen molar-refractivity contribution in [2.75, 3.05) is 20.8 Å². The van der Waals surface area contributed by atoms with Crippen LogP contribution >= 0.6 is 11.6 Å². The number of halogens is 1. The number of amides is 1. The second-order valence-electron chi connectivity index (χ2n) is 6.44. The summed E-state index contributed by atoms with van der Waals surface area (Å²) >= 11 is 6.10. The minimum absolute atomic E-state index is 0.207. The van der Waals surface area contributed by atoms with Gasteiger partial charge in [-0.15, -0.1) is 0 Å². The van der Waals surface area contributed by atoms with Crippen LogP contribution in [-0.4, -0.2) is 36.5 Å². The predicted octanol–water partition coefficient (Wildman–Crippen LogP) is 4.21. The van der Waals surface area contributed by atoms with Gasteiger partial charge in [0.1, 0.15) is 0 Å². The average molecular weight is 414 g/mol. The van der Waals surface area contributed by atoms with E-state index in [9.17, 15) is 4.79 Å². The molecule has 0 saturated heterocycles. The lowest BCUT2D eigenvalue weighted by molar-refractivity contribution is 0.0948. The largest absolute Gasteiger partial charge is 0.493 e. The Hall–Kier alpha value is -2.99. The van der Waals surface area contributed by atoms with E-state index in [0.717, 1.165) is 16.8 Å². The number of carbonyl (C=O) groups is 1. The van der Waals surface area contributed by atoms with E-state index < -0.39 is 0 Å². The van der Waals surface area contributed by atoms with Gasteiger partial charge in [-0.3, -0.25) is 9.48 Å². The van der Waals surface area contributed by atoms with Crippen molar-refractivity contribution >= 4 is 17.5 Å². The summed E-state index contributed by atoms with van der Waals surface area (Å²) in [7, 11) is 3.20. The van der Waals surface area contributed by atoms with Crippen LogP contribution in [0.4, 0.5) is 0 Å². The summed E-state index contributed by atoms with van der Waals surface area (Å²) in [5.74, 6) is 1.14. The average Bonchev–Trinajstić information content (AvgIpc) is 3.18. The number of nitrogens with one attached hydrogen (secondary N) is 1. The summed E-state index contributed by atoms with van der Waals surface area (Å²) < 4.78 is 12.4. The number of carbonyl (C=O) groups excluding carboxylic acids is 1. The molecule has 0 fully saturated rings. The summed E-state index contributed by atoms with van der Waals surface area (Å²) in [6, 6.07) is 15.0. The van der Waals surface area contributed by atoms with Crippen molar-refractivity contribution in [2.45, 2.75) is 19.9 Å². The maximum atomic E-state index is 12.6. The number of aromatic nitrogens is 2. The highest BCUT2D eigenvalue weighted by atomic mass is 35.5. The Morgan fingerprint density at radius 3 is 2.59 bits per heavy atom. The molecular weight excluding hydrogens is 390 g/mol. The van der Waals surface area contributed by atoms with Gasteiger partial charge < -0.3 is 14.8 Å². The van der Waals surface area contributed by atoms with Gasteiger partial charge in [0.05, 0.1) is 19.9 Å². The first-order valence-corrected chi connectivity index (χ1v) is 9.76. The number of rotatable bonds is 8. The quantitative estimate of drug-likeness (QED) is 0.600. The van der Waals surface area contributed by atoms with Crippen LogP contribution in [0.15, 0.2) is 48.5 Å². The first kappa shape index (κ1) is 20.7. The van der Waals surface area contributed by atoms with Gasteiger partial charge in [0, 0.05) is 23.7 Å². The minimum Gasteiger partial charge on any atom is -0.493 e. The maximum absolute atomic E-state index is 12.6. The molecule has 152 valence electrons. The fourth-order valence-electron chi connectivity index (χ4n) is 3.10. The minimum atomic E-state index is -0.207. The van der Waals surface area contributed by atoms with Gasteiger partial charge in [-0.25, -0.2) is 0 Å². The molecule has 7 heteroatoms. The Bertz CT molecular complexity index is 1000. The van der Waals surface area contributed by atoms with Crippen LogP contribution in [0.1, 0.15) is 23.0 Å². The Morgan fingerprint density at radius 1 is 1.10 bits per heavy atom. The topological polar surface area (TPSA) is 65.4 Å². The fourth-order valence-corrected chi connectivity index (χ4v) is 3.29. The van der Waals surface area contributed by atoms with E-state index in [-0.39, 0.29) is 5.91 Å². The fraction of sp³-hybridized carbons (Fsp3) is 0.273. The molecule has 29 heavy (non-hydrogen) atoms. The first-order valence-electron chi connectivity index (χ1n) is 9.38. The van der Waals surface area contributed by atoms with E-state index >= 15 is 0 Å². The number of benzene rings is 2. The number of methoxy groups -OCH3 is 2. The lowest BCUT2D eigenvalue weighted by Gasteiger charge is -2.09. The highest BCUT2D eigenvalue weighted by molar-refractivity contribution is 6.30. The number of nitrogens with zero attached hydrogens (tertiary/aromatic N) is 2. The van der Waals surface area contributed by atoms with Crippen molar-refractivity contribution < 1.29 is 14.3 Å². The van der Waals surface area contributed by atoms with E-state index in [4.69, 9.17) is 21.1 Å². The van der Waals surface area contributed by atoms with E-state index in [1.54, 1.807) is 25.0 Å². The van der Waals surface area contributed by atoms with Crippen molar-refractivity contribution in [1.29, 1.82) is 0 Å². The number of aryl methyl sites for hydroxylation is 1. The van der Waals surface area contributed by atoms with Gasteiger partial charge in [0.15, 0.2) is 17.2 Å². The second kappa shape index (κ2) is 9.47. The van der Waals surface area contributed by atoms with Crippen molar-refractivity contribution in [3.05, 3.63) is 64.8 Å². The Morgan fingerprint density at radius 2 is 1.90 bits per heavy atom. The third-order valence-electron chi connectivity index (χ3n) is 4.58. The van der Waals surface area contributed by atoms with Crippen LogP contribution in [0.2, 0.25) is 5.02 Å².